The highest BCUT2D eigenvalue weighted by Gasteiger charge is 2.39. The number of carbonyl (C=O) groups is 2. The molecule has 0 saturated carbocycles. The quantitative estimate of drug-likeness (QED) is 0.353. The number of aryl methyl sites for hydroxylation is 2. The lowest BCUT2D eigenvalue weighted by molar-refractivity contribution is -0.139. The van der Waals surface area contributed by atoms with Gasteiger partial charge in [0, 0.05) is 0 Å². The van der Waals surface area contributed by atoms with E-state index in [1.807, 2.05) is 69.3 Å². The fraction of sp³-hybridized carbons (Fsp3) is 0.300. The normalized spacial score (nSPS) is 15.4. The van der Waals surface area contributed by atoms with E-state index in [0.717, 1.165) is 34.4 Å². The average molecular weight is 533 g/mol. The molecule has 2 N–H and O–H groups in total. The van der Waals surface area contributed by atoms with Crippen molar-refractivity contribution >= 4 is 40.7 Å². The van der Waals surface area contributed by atoms with Gasteiger partial charge in [0.15, 0.2) is 0 Å². The molecular formula is C30H32N2O5S. The number of hydrogen-bond acceptors (Lipinski definition) is 7. The summed E-state index contributed by atoms with van der Waals surface area (Å²) < 4.78 is 13.0. The molecule has 0 fully saturated rings. The third-order valence-corrected chi connectivity index (χ3v) is 7.49. The van der Waals surface area contributed by atoms with Gasteiger partial charge in [-0.2, -0.15) is 0 Å². The Labute approximate surface area is 225 Å². The zero-order valence-corrected chi connectivity index (χ0v) is 22.9. The Morgan fingerprint density at radius 2 is 1.55 bits per heavy atom. The van der Waals surface area contributed by atoms with Gasteiger partial charge in [0.2, 0.25) is 0 Å². The maximum atomic E-state index is 13.6. The molecule has 2 heterocycles. The smallest absolute Gasteiger partial charge is 0.338 e. The Hall–Kier alpha value is -3.91. The van der Waals surface area contributed by atoms with Gasteiger partial charge in [-0.25, -0.2) is 9.59 Å². The third-order valence-electron chi connectivity index (χ3n) is 6.38. The molecular weight excluding hydrogens is 500 g/mol. The summed E-state index contributed by atoms with van der Waals surface area (Å²) in [5.74, 6) is -2.16. The topological polar surface area (TPSA) is 101 Å². The van der Waals surface area contributed by atoms with E-state index in [-0.39, 0.29) is 30.2 Å². The van der Waals surface area contributed by atoms with Gasteiger partial charge in [-0.05, 0) is 44.4 Å². The van der Waals surface area contributed by atoms with E-state index in [4.69, 9.17) is 15.2 Å². The van der Waals surface area contributed by atoms with Crippen molar-refractivity contribution in [3.63, 3.8) is 0 Å². The second kappa shape index (κ2) is 11.6. The third kappa shape index (κ3) is 5.36. The molecule has 0 aliphatic carbocycles. The summed E-state index contributed by atoms with van der Waals surface area (Å²) in [5.41, 5.74) is 10.1. The molecule has 0 spiro atoms. The predicted molar refractivity (Wildman–Crippen MR) is 150 cm³/mol. The molecule has 7 nitrogen and oxygen atoms in total. The summed E-state index contributed by atoms with van der Waals surface area (Å²) in [5, 5.41) is 0. The second-order valence-corrected chi connectivity index (χ2v) is 10.3. The fourth-order valence-corrected chi connectivity index (χ4v) is 5.51. The van der Waals surface area contributed by atoms with Crippen LogP contribution in [-0.4, -0.2) is 29.7 Å². The van der Waals surface area contributed by atoms with Crippen LogP contribution < -0.4 is 20.5 Å². The molecule has 8 heteroatoms. The molecule has 3 aromatic rings. The largest absolute Gasteiger partial charge is 0.463 e. The Bertz CT molecular complexity index is 1560. The Balaban J connectivity index is 2.04. The lowest BCUT2D eigenvalue weighted by Crippen LogP contribution is -2.42. The van der Waals surface area contributed by atoms with Crippen LogP contribution in [0.4, 0.5) is 0 Å². The highest BCUT2D eigenvalue weighted by atomic mass is 32.1. The summed E-state index contributed by atoms with van der Waals surface area (Å²) in [6.07, 6.45) is 3.28. The molecule has 2 aromatic carbocycles. The number of ether oxygens (including phenoxy) is 2. The van der Waals surface area contributed by atoms with Crippen LogP contribution in [0, 0.1) is 13.8 Å². The number of rotatable bonds is 8. The van der Waals surface area contributed by atoms with Crippen molar-refractivity contribution in [2.24, 2.45) is 5.73 Å². The Morgan fingerprint density at radius 1 is 0.947 bits per heavy atom. The maximum absolute atomic E-state index is 13.6. The highest BCUT2D eigenvalue weighted by Crippen LogP contribution is 2.37. The van der Waals surface area contributed by atoms with Crippen LogP contribution in [0.25, 0.3) is 17.5 Å². The van der Waals surface area contributed by atoms with Gasteiger partial charge < -0.3 is 15.2 Å². The van der Waals surface area contributed by atoms with Gasteiger partial charge in [-0.3, -0.25) is 9.36 Å². The molecule has 1 aliphatic rings. The second-order valence-electron chi connectivity index (χ2n) is 9.23. The van der Waals surface area contributed by atoms with Gasteiger partial charge in [0.1, 0.15) is 10.5 Å². The van der Waals surface area contributed by atoms with Crippen LogP contribution in [-0.2, 0) is 19.1 Å². The zero-order valence-electron chi connectivity index (χ0n) is 22.1. The van der Waals surface area contributed by atoms with Gasteiger partial charge in [-0.1, -0.05) is 73.0 Å². The van der Waals surface area contributed by atoms with Crippen LogP contribution in [0.2, 0.25) is 0 Å². The Kier molecular flexibility index (Phi) is 8.32. The van der Waals surface area contributed by atoms with Gasteiger partial charge >= 0.3 is 11.9 Å². The van der Waals surface area contributed by atoms with Crippen LogP contribution >= 0.6 is 11.3 Å². The monoisotopic (exact) mass is 532 g/mol. The van der Waals surface area contributed by atoms with Crippen molar-refractivity contribution in [3.05, 3.63) is 95.9 Å². The van der Waals surface area contributed by atoms with Crippen molar-refractivity contribution in [2.75, 3.05) is 13.2 Å². The number of nitrogens with zero attached hydrogens (tertiary/aromatic N) is 1. The molecule has 0 amide bonds. The lowest BCUT2D eigenvalue weighted by atomic mass is 9.83. The van der Waals surface area contributed by atoms with E-state index in [1.54, 1.807) is 13.0 Å². The maximum Gasteiger partial charge on any atom is 0.338 e. The summed E-state index contributed by atoms with van der Waals surface area (Å²) in [6.45, 7) is 7.99. The number of nitrogens with two attached hydrogens (primary N) is 1. The molecule has 1 aromatic heterocycles. The molecule has 38 heavy (non-hydrogen) atoms. The summed E-state index contributed by atoms with van der Waals surface area (Å²) >= 11 is 1.15. The van der Waals surface area contributed by atoms with Crippen LogP contribution in [0.1, 0.15) is 54.9 Å². The van der Waals surface area contributed by atoms with Gasteiger partial charge in [0.25, 0.3) is 5.56 Å². The first-order valence-electron chi connectivity index (χ1n) is 12.7. The van der Waals surface area contributed by atoms with E-state index >= 15 is 0 Å². The summed E-state index contributed by atoms with van der Waals surface area (Å²) in [7, 11) is 0. The van der Waals surface area contributed by atoms with Crippen LogP contribution in [0.3, 0.4) is 0 Å². The molecule has 198 valence electrons. The van der Waals surface area contributed by atoms with Crippen molar-refractivity contribution in [3.8, 4) is 0 Å². The molecule has 1 atom stereocenters. The number of thiazole rings is 1. The fourth-order valence-electron chi connectivity index (χ4n) is 4.35. The number of fused-ring (bicyclic) bond motifs is 1. The predicted octanol–water partition coefficient (Wildman–Crippen LogP) is 3.34. The van der Waals surface area contributed by atoms with Gasteiger partial charge in [0.05, 0.1) is 34.8 Å². The standard InChI is InChI=1S/C30H32N2O5S/c1-5-7-16-37-29(34)24-23(21-14-10-19(4)11-15-21)25(30(35)36-6-2)28-32(26(24)31)27(33)22(38-28)17-20-12-8-18(3)9-13-20/h8-15,17,23H,5-7,16,31H2,1-4H3/b22-17-/t23-/m0/s1. The molecule has 0 bridgehead atoms. The first kappa shape index (κ1) is 27.1. The number of benzene rings is 2. The van der Waals surface area contributed by atoms with Crippen molar-refractivity contribution in [1.29, 1.82) is 0 Å². The SMILES string of the molecule is CCCCOC(=O)C1=C(N)n2c(s/c(=C\c3ccc(C)cc3)c2=O)=C(C(=O)OCC)[C@H]1c1ccc(C)cc1. The minimum absolute atomic E-state index is 0.0371. The molecule has 4 rings (SSSR count). The van der Waals surface area contributed by atoms with Crippen molar-refractivity contribution in [2.45, 2.75) is 46.5 Å². The molecule has 0 radical (unpaired) electrons. The van der Waals surface area contributed by atoms with Crippen LogP contribution in [0.15, 0.2) is 58.9 Å². The minimum atomic E-state index is -0.853. The number of esters is 2. The number of aromatic nitrogens is 1. The van der Waals surface area contributed by atoms with E-state index < -0.39 is 23.4 Å². The van der Waals surface area contributed by atoms with Crippen molar-refractivity contribution < 1.29 is 19.1 Å². The zero-order chi connectivity index (χ0) is 27.4. The van der Waals surface area contributed by atoms with E-state index in [0.29, 0.717) is 21.2 Å². The van der Waals surface area contributed by atoms with Crippen molar-refractivity contribution in [1.82, 2.24) is 4.57 Å². The minimum Gasteiger partial charge on any atom is -0.463 e. The first-order chi connectivity index (χ1) is 18.3. The molecule has 1 aliphatic heterocycles. The summed E-state index contributed by atoms with van der Waals surface area (Å²) in [4.78, 5) is 40.6. The highest BCUT2D eigenvalue weighted by molar-refractivity contribution is 7.07. The Morgan fingerprint density at radius 3 is 2.16 bits per heavy atom. The lowest BCUT2D eigenvalue weighted by Gasteiger charge is -2.27. The molecule has 0 saturated heterocycles. The average Bonchev–Trinajstić information content (AvgIpc) is 3.21. The summed E-state index contributed by atoms with van der Waals surface area (Å²) in [6, 6.07) is 15.3. The number of hydrogen-bond donors (Lipinski definition) is 1. The van der Waals surface area contributed by atoms with E-state index in [2.05, 4.69) is 0 Å². The van der Waals surface area contributed by atoms with Gasteiger partial charge in [-0.15, -0.1) is 11.3 Å². The first-order valence-corrected chi connectivity index (χ1v) is 13.5. The number of unbranched alkanes of at least 4 members (excludes halogenated alkanes) is 1. The van der Waals surface area contributed by atoms with Crippen LogP contribution in [0.5, 0.6) is 0 Å². The van der Waals surface area contributed by atoms with E-state index in [9.17, 15) is 14.4 Å². The number of carbonyl (C=O) groups excluding carboxylic acids is 2. The molecule has 0 unspecified atom stereocenters. The van der Waals surface area contributed by atoms with E-state index in [1.165, 1.54) is 4.57 Å².